The minimum absolute atomic E-state index is 0.0344. The highest BCUT2D eigenvalue weighted by Gasteiger charge is 2.36. The summed E-state index contributed by atoms with van der Waals surface area (Å²) in [5.41, 5.74) is -1.02. The van der Waals surface area contributed by atoms with E-state index in [1.807, 2.05) is 0 Å². The Kier molecular flexibility index (Phi) is 4.11. The summed E-state index contributed by atoms with van der Waals surface area (Å²) in [6, 6.07) is 4.98. The third kappa shape index (κ3) is 3.08. The van der Waals surface area contributed by atoms with Crippen molar-refractivity contribution in [2.75, 3.05) is 6.54 Å². The average Bonchev–Trinajstić information content (AvgIpc) is 3.25. The van der Waals surface area contributed by atoms with E-state index in [9.17, 15) is 13.5 Å². The first kappa shape index (κ1) is 15.9. The molecule has 0 aliphatic rings. The SMILES string of the molecule is Cn1cc(S(=O)(=O)NC[C@@](O)(c2ccsc2)c2ccco2)cn1. The normalized spacial score (nSPS) is 14.7. The van der Waals surface area contributed by atoms with Crippen molar-refractivity contribution in [2.24, 2.45) is 7.05 Å². The minimum atomic E-state index is -3.79. The maximum Gasteiger partial charge on any atom is 0.243 e. The molecule has 2 N–H and O–H groups in total. The number of sulfonamides is 1. The third-order valence-corrected chi connectivity index (χ3v) is 5.48. The molecule has 0 aromatic carbocycles. The lowest BCUT2D eigenvalue weighted by atomic mass is 9.94. The fraction of sp³-hybridized carbons (Fsp3) is 0.214. The van der Waals surface area contributed by atoms with Crippen LogP contribution in [0, 0.1) is 0 Å². The van der Waals surface area contributed by atoms with Crippen molar-refractivity contribution in [2.45, 2.75) is 10.5 Å². The van der Waals surface area contributed by atoms with Gasteiger partial charge in [0.1, 0.15) is 10.7 Å². The maximum absolute atomic E-state index is 12.3. The van der Waals surface area contributed by atoms with Gasteiger partial charge in [0.15, 0.2) is 5.60 Å². The first-order valence-corrected chi connectivity index (χ1v) is 9.12. The fourth-order valence-corrected chi connectivity index (χ4v) is 3.93. The van der Waals surface area contributed by atoms with Gasteiger partial charge in [0.05, 0.1) is 19.0 Å². The van der Waals surface area contributed by atoms with Gasteiger partial charge in [-0.3, -0.25) is 4.68 Å². The fourth-order valence-electron chi connectivity index (χ4n) is 2.17. The van der Waals surface area contributed by atoms with Crippen molar-refractivity contribution in [3.05, 3.63) is 58.9 Å². The number of hydrogen-bond donors (Lipinski definition) is 2. The Hall–Kier alpha value is -1.94. The monoisotopic (exact) mass is 353 g/mol. The van der Waals surface area contributed by atoms with Gasteiger partial charge in [-0.25, -0.2) is 13.1 Å². The molecule has 3 heterocycles. The number of aromatic nitrogens is 2. The summed E-state index contributed by atoms with van der Waals surface area (Å²) in [4.78, 5) is 0.0344. The van der Waals surface area contributed by atoms with Crippen molar-refractivity contribution in [3.8, 4) is 0 Å². The molecular formula is C14H15N3O4S2. The Morgan fingerprint density at radius 1 is 1.48 bits per heavy atom. The molecule has 3 rings (SSSR count). The smallest absolute Gasteiger partial charge is 0.243 e. The number of nitrogens with zero attached hydrogens (tertiary/aromatic N) is 2. The molecule has 0 saturated carbocycles. The van der Waals surface area contributed by atoms with Crippen LogP contribution in [0.15, 0.2) is 56.9 Å². The molecule has 0 fully saturated rings. The number of rotatable bonds is 6. The zero-order valence-corrected chi connectivity index (χ0v) is 13.8. The van der Waals surface area contributed by atoms with E-state index in [0.29, 0.717) is 5.56 Å². The Labute approximate surface area is 137 Å². The van der Waals surface area contributed by atoms with Crippen molar-refractivity contribution in [3.63, 3.8) is 0 Å². The summed E-state index contributed by atoms with van der Waals surface area (Å²) in [6.45, 7) is -0.255. The molecule has 0 spiro atoms. The van der Waals surface area contributed by atoms with E-state index in [0.717, 1.165) is 0 Å². The van der Waals surface area contributed by atoms with Crippen LogP contribution in [0.5, 0.6) is 0 Å². The molecule has 7 nitrogen and oxygen atoms in total. The van der Waals surface area contributed by atoms with Gasteiger partial charge in [-0.1, -0.05) is 0 Å². The first-order chi connectivity index (χ1) is 10.9. The number of thiophene rings is 1. The summed E-state index contributed by atoms with van der Waals surface area (Å²) in [5.74, 6) is 0.268. The lowest BCUT2D eigenvalue weighted by molar-refractivity contribution is 0.0623. The van der Waals surface area contributed by atoms with Crippen LogP contribution in [0.1, 0.15) is 11.3 Å². The summed E-state index contributed by atoms with van der Waals surface area (Å²) in [6.07, 6.45) is 4.07. The third-order valence-electron chi connectivity index (χ3n) is 3.44. The highest BCUT2D eigenvalue weighted by atomic mass is 32.2. The Bertz CT molecular complexity index is 833. The standard InChI is InChI=1S/C14H15N3O4S2/c1-17-8-12(7-15-17)23(19,20)16-10-14(18,11-4-6-22-9-11)13-3-2-5-21-13/h2-9,16,18H,10H2,1H3/t14-/m1/s1. The van der Waals surface area contributed by atoms with Crippen LogP contribution in [-0.2, 0) is 22.7 Å². The second-order valence-electron chi connectivity index (χ2n) is 5.02. The predicted molar refractivity (Wildman–Crippen MR) is 84.4 cm³/mol. The molecule has 0 saturated heterocycles. The molecule has 9 heteroatoms. The second kappa shape index (κ2) is 5.93. The van der Waals surface area contributed by atoms with Crippen molar-refractivity contribution < 1.29 is 17.9 Å². The average molecular weight is 353 g/mol. The predicted octanol–water partition coefficient (Wildman–Crippen LogP) is 1.29. The molecule has 0 unspecified atom stereocenters. The van der Waals surface area contributed by atoms with E-state index in [4.69, 9.17) is 4.42 Å². The quantitative estimate of drug-likeness (QED) is 0.696. The Morgan fingerprint density at radius 2 is 2.30 bits per heavy atom. The number of aliphatic hydroxyl groups is 1. The van der Waals surface area contributed by atoms with Crippen LogP contribution >= 0.6 is 11.3 Å². The van der Waals surface area contributed by atoms with Crippen molar-refractivity contribution in [1.29, 1.82) is 0 Å². The lowest BCUT2D eigenvalue weighted by Crippen LogP contribution is -2.41. The molecule has 122 valence electrons. The molecule has 23 heavy (non-hydrogen) atoms. The summed E-state index contributed by atoms with van der Waals surface area (Å²) in [5, 5.41) is 18.4. The molecule has 0 amide bonds. The molecule has 0 bridgehead atoms. The molecule has 0 aliphatic carbocycles. The van der Waals surface area contributed by atoms with Crippen LogP contribution in [0.25, 0.3) is 0 Å². The Morgan fingerprint density at radius 3 is 2.87 bits per heavy atom. The van der Waals surface area contributed by atoms with Gasteiger partial charge < -0.3 is 9.52 Å². The van der Waals surface area contributed by atoms with Crippen molar-refractivity contribution >= 4 is 21.4 Å². The van der Waals surface area contributed by atoms with Gasteiger partial charge in [-0.2, -0.15) is 16.4 Å². The van der Waals surface area contributed by atoms with Crippen LogP contribution in [0.2, 0.25) is 0 Å². The minimum Gasteiger partial charge on any atom is -0.466 e. The molecular weight excluding hydrogens is 338 g/mol. The number of aryl methyl sites for hydroxylation is 1. The summed E-state index contributed by atoms with van der Waals surface area (Å²) < 4.78 is 33.8. The topological polar surface area (TPSA) is 97.4 Å². The molecule has 3 aromatic heterocycles. The van der Waals surface area contributed by atoms with E-state index in [-0.39, 0.29) is 17.2 Å². The number of nitrogens with one attached hydrogen (secondary N) is 1. The second-order valence-corrected chi connectivity index (χ2v) is 7.57. The van der Waals surface area contributed by atoms with Gasteiger partial charge in [-0.15, -0.1) is 0 Å². The number of furan rings is 1. The van der Waals surface area contributed by atoms with Gasteiger partial charge in [0, 0.05) is 18.8 Å². The summed E-state index contributed by atoms with van der Waals surface area (Å²) in [7, 11) is -2.16. The van der Waals surface area contributed by atoms with Gasteiger partial charge in [0.25, 0.3) is 0 Å². The zero-order valence-electron chi connectivity index (χ0n) is 12.2. The highest BCUT2D eigenvalue weighted by molar-refractivity contribution is 7.89. The summed E-state index contributed by atoms with van der Waals surface area (Å²) >= 11 is 1.40. The zero-order chi connectivity index (χ0) is 16.5. The van der Waals surface area contributed by atoms with Gasteiger partial charge in [0.2, 0.25) is 10.0 Å². The largest absolute Gasteiger partial charge is 0.466 e. The molecule has 3 aromatic rings. The first-order valence-electron chi connectivity index (χ1n) is 6.69. The van der Waals surface area contributed by atoms with Gasteiger partial charge >= 0.3 is 0 Å². The number of hydrogen-bond acceptors (Lipinski definition) is 6. The van der Waals surface area contributed by atoms with E-state index >= 15 is 0 Å². The maximum atomic E-state index is 12.3. The van der Waals surface area contributed by atoms with Gasteiger partial charge in [-0.05, 0) is 29.0 Å². The van der Waals surface area contributed by atoms with Crippen LogP contribution in [0.3, 0.4) is 0 Å². The molecule has 0 aliphatic heterocycles. The van der Waals surface area contributed by atoms with Crippen LogP contribution < -0.4 is 4.72 Å². The Balaban J connectivity index is 1.89. The lowest BCUT2D eigenvalue weighted by Gasteiger charge is -2.25. The van der Waals surface area contributed by atoms with E-state index < -0.39 is 15.6 Å². The molecule has 0 radical (unpaired) electrons. The van der Waals surface area contributed by atoms with E-state index in [1.165, 1.54) is 34.7 Å². The van der Waals surface area contributed by atoms with Crippen LogP contribution in [-0.4, -0.2) is 29.8 Å². The van der Waals surface area contributed by atoms with Crippen molar-refractivity contribution in [1.82, 2.24) is 14.5 Å². The van der Waals surface area contributed by atoms with E-state index in [2.05, 4.69) is 9.82 Å². The molecule has 1 atom stereocenters. The highest BCUT2D eigenvalue weighted by Crippen LogP contribution is 2.31. The van der Waals surface area contributed by atoms with E-state index in [1.54, 1.807) is 36.0 Å². The van der Waals surface area contributed by atoms with Crippen LogP contribution in [0.4, 0.5) is 0 Å².